The van der Waals surface area contributed by atoms with E-state index in [4.69, 9.17) is 0 Å². The third kappa shape index (κ3) is 3.62. The van der Waals surface area contributed by atoms with Gasteiger partial charge in [0.2, 0.25) is 15.9 Å². The fraction of sp³-hybridized carbons (Fsp3) is 0.182. The molecule has 0 aliphatic carbocycles. The smallest absolute Gasteiger partial charge is 0.324 e. The summed E-state index contributed by atoms with van der Waals surface area (Å²) in [6, 6.07) is 17.6. The van der Waals surface area contributed by atoms with Crippen LogP contribution in [0.4, 0.5) is 5.69 Å². The lowest BCUT2D eigenvalue weighted by atomic mass is 10.1. The molecule has 0 spiro atoms. The van der Waals surface area contributed by atoms with Crippen molar-refractivity contribution in [1.29, 1.82) is 0 Å². The van der Waals surface area contributed by atoms with Crippen LogP contribution >= 0.6 is 0 Å². The summed E-state index contributed by atoms with van der Waals surface area (Å²) in [7, 11) is 0.634. The van der Waals surface area contributed by atoms with Gasteiger partial charge in [0.05, 0.1) is 22.5 Å². The van der Waals surface area contributed by atoms with Crippen LogP contribution in [0.2, 0.25) is 0 Å². The van der Waals surface area contributed by atoms with Crippen molar-refractivity contribution in [3.8, 4) is 0 Å². The highest BCUT2D eigenvalue weighted by Crippen LogP contribution is 2.24. The van der Waals surface area contributed by atoms with Gasteiger partial charge in [-0.3, -0.25) is 13.9 Å². The van der Waals surface area contributed by atoms with Crippen molar-refractivity contribution in [2.24, 2.45) is 14.1 Å². The summed E-state index contributed by atoms with van der Waals surface area (Å²) in [5, 5.41) is 4.64. The maximum absolute atomic E-state index is 13.0. The average Bonchev–Trinajstić information content (AvgIpc) is 2.97. The van der Waals surface area contributed by atoms with Gasteiger partial charge in [-0.2, -0.15) is 4.31 Å². The van der Waals surface area contributed by atoms with Gasteiger partial charge in [-0.15, -0.1) is 0 Å². The van der Waals surface area contributed by atoms with Crippen molar-refractivity contribution >= 4 is 43.4 Å². The van der Waals surface area contributed by atoms with Crippen LogP contribution < -0.4 is 11.0 Å². The van der Waals surface area contributed by atoms with Crippen LogP contribution in [0.15, 0.2) is 70.4 Å². The normalized spacial score (nSPS) is 12.0. The van der Waals surface area contributed by atoms with Crippen LogP contribution in [-0.4, -0.2) is 41.4 Å². The molecule has 160 valence electrons. The van der Waals surface area contributed by atoms with E-state index in [-0.39, 0.29) is 17.1 Å². The number of rotatable bonds is 5. The lowest BCUT2D eigenvalue weighted by Gasteiger charge is -2.17. The second-order valence-corrected chi connectivity index (χ2v) is 9.43. The number of aromatic nitrogens is 2. The summed E-state index contributed by atoms with van der Waals surface area (Å²) in [5.74, 6) is -0.449. The number of anilines is 1. The van der Waals surface area contributed by atoms with Gasteiger partial charge < -0.3 is 5.32 Å². The van der Waals surface area contributed by atoms with Gasteiger partial charge in [-0.1, -0.05) is 36.4 Å². The molecule has 31 heavy (non-hydrogen) atoms. The SMILES string of the molecule is CN(CC(=O)Nc1cccc2ccccc12)S(=O)(=O)c1ccc2c(c1)n(C)c(=O)n2C. The highest BCUT2D eigenvalue weighted by Gasteiger charge is 2.24. The minimum absolute atomic E-state index is 0.0154. The van der Waals surface area contributed by atoms with Crippen molar-refractivity contribution in [2.75, 3.05) is 18.9 Å². The number of nitrogens with zero attached hydrogens (tertiary/aromatic N) is 3. The zero-order valence-electron chi connectivity index (χ0n) is 17.4. The van der Waals surface area contributed by atoms with Crippen molar-refractivity contribution in [3.05, 3.63) is 71.1 Å². The molecule has 0 unspecified atom stereocenters. The summed E-state index contributed by atoms with van der Waals surface area (Å²) < 4.78 is 29.9. The fourth-order valence-corrected chi connectivity index (χ4v) is 4.79. The summed E-state index contributed by atoms with van der Waals surface area (Å²) >= 11 is 0. The molecule has 0 saturated heterocycles. The third-order valence-corrected chi connectivity index (χ3v) is 7.18. The molecule has 0 saturated carbocycles. The quantitative estimate of drug-likeness (QED) is 0.517. The average molecular weight is 439 g/mol. The number of benzene rings is 3. The van der Waals surface area contributed by atoms with E-state index in [1.54, 1.807) is 26.2 Å². The first-order valence-corrected chi connectivity index (χ1v) is 11.0. The fourth-order valence-electron chi connectivity index (χ4n) is 3.64. The van der Waals surface area contributed by atoms with E-state index in [0.29, 0.717) is 16.7 Å². The number of hydrogen-bond donors (Lipinski definition) is 1. The summed E-state index contributed by atoms with van der Waals surface area (Å²) in [6.07, 6.45) is 0. The first kappa shape index (κ1) is 20.8. The second kappa shape index (κ2) is 7.68. The standard InChI is InChI=1S/C22H22N4O4S/c1-24(14-21(27)23-18-10-6-8-15-7-4-5-9-17(15)18)31(29,30)16-11-12-19-20(13-16)26(3)22(28)25(19)2/h4-13H,14H2,1-3H3,(H,23,27). The number of amides is 1. The number of carbonyl (C=O) groups excluding carboxylic acids is 1. The minimum atomic E-state index is -3.93. The van der Waals surface area contributed by atoms with E-state index < -0.39 is 15.9 Å². The lowest BCUT2D eigenvalue weighted by Crippen LogP contribution is -2.35. The Balaban J connectivity index is 1.58. The predicted molar refractivity (Wildman–Crippen MR) is 121 cm³/mol. The van der Waals surface area contributed by atoms with E-state index in [1.165, 1.54) is 28.3 Å². The van der Waals surface area contributed by atoms with Gasteiger partial charge >= 0.3 is 5.69 Å². The van der Waals surface area contributed by atoms with E-state index in [2.05, 4.69) is 5.32 Å². The number of nitrogens with one attached hydrogen (secondary N) is 1. The lowest BCUT2D eigenvalue weighted by molar-refractivity contribution is -0.116. The van der Waals surface area contributed by atoms with E-state index in [9.17, 15) is 18.0 Å². The number of likely N-dealkylation sites (N-methyl/N-ethyl adjacent to an activating group) is 1. The molecule has 1 aromatic heterocycles. The molecule has 8 nitrogen and oxygen atoms in total. The zero-order chi connectivity index (χ0) is 22.3. The second-order valence-electron chi connectivity index (χ2n) is 7.39. The number of aryl methyl sites for hydroxylation is 2. The molecule has 0 aliphatic heterocycles. The molecule has 1 N–H and O–H groups in total. The topological polar surface area (TPSA) is 93.4 Å². The van der Waals surface area contributed by atoms with Crippen molar-refractivity contribution in [3.63, 3.8) is 0 Å². The number of hydrogen-bond acceptors (Lipinski definition) is 4. The predicted octanol–water partition coefficient (Wildman–Crippen LogP) is 2.29. The Morgan fingerprint density at radius 2 is 1.65 bits per heavy atom. The van der Waals surface area contributed by atoms with Gasteiger partial charge in [-0.05, 0) is 29.7 Å². The van der Waals surface area contributed by atoms with Crippen LogP contribution in [0, 0.1) is 0 Å². The Morgan fingerprint density at radius 3 is 2.42 bits per heavy atom. The van der Waals surface area contributed by atoms with Crippen molar-refractivity contribution in [2.45, 2.75) is 4.90 Å². The Labute approximate surface area is 179 Å². The van der Waals surface area contributed by atoms with Crippen molar-refractivity contribution < 1.29 is 13.2 Å². The van der Waals surface area contributed by atoms with Gasteiger partial charge in [0.25, 0.3) is 0 Å². The Bertz CT molecular complexity index is 1480. The Hall–Kier alpha value is -3.43. The third-order valence-electron chi connectivity index (χ3n) is 5.38. The van der Waals surface area contributed by atoms with Gasteiger partial charge in [-0.25, -0.2) is 13.2 Å². The van der Waals surface area contributed by atoms with Crippen LogP contribution in [0.1, 0.15) is 0 Å². The molecular weight excluding hydrogens is 416 g/mol. The maximum atomic E-state index is 13.0. The molecule has 4 aromatic rings. The molecule has 1 heterocycles. The molecule has 9 heteroatoms. The summed E-state index contributed by atoms with van der Waals surface area (Å²) in [4.78, 5) is 24.7. The Morgan fingerprint density at radius 1 is 0.968 bits per heavy atom. The number of sulfonamides is 1. The monoisotopic (exact) mass is 438 g/mol. The molecule has 0 fully saturated rings. The molecule has 0 bridgehead atoms. The first-order chi connectivity index (χ1) is 14.7. The zero-order valence-corrected chi connectivity index (χ0v) is 18.2. The van der Waals surface area contributed by atoms with E-state index in [0.717, 1.165) is 15.1 Å². The molecule has 0 aliphatic rings. The molecule has 3 aromatic carbocycles. The largest absolute Gasteiger partial charge is 0.328 e. The molecule has 0 radical (unpaired) electrons. The van der Waals surface area contributed by atoms with Gasteiger partial charge in [0.1, 0.15) is 0 Å². The van der Waals surface area contributed by atoms with E-state index in [1.807, 2.05) is 36.4 Å². The molecule has 1 amide bonds. The Kier molecular flexibility index (Phi) is 5.16. The van der Waals surface area contributed by atoms with Crippen LogP contribution in [0.3, 0.4) is 0 Å². The van der Waals surface area contributed by atoms with Crippen LogP contribution in [0.25, 0.3) is 21.8 Å². The maximum Gasteiger partial charge on any atom is 0.328 e. The van der Waals surface area contributed by atoms with Crippen LogP contribution in [-0.2, 0) is 28.9 Å². The minimum Gasteiger partial charge on any atom is -0.324 e. The van der Waals surface area contributed by atoms with Gasteiger partial charge in [0, 0.05) is 32.2 Å². The number of carbonyl (C=O) groups is 1. The van der Waals surface area contributed by atoms with E-state index >= 15 is 0 Å². The van der Waals surface area contributed by atoms with Crippen LogP contribution in [0.5, 0.6) is 0 Å². The highest BCUT2D eigenvalue weighted by atomic mass is 32.2. The molecule has 0 atom stereocenters. The molecule has 4 rings (SSSR count). The van der Waals surface area contributed by atoms with Crippen molar-refractivity contribution in [1.82, 2.24) is 13.4 Å². The molecular formula is C22H22N4O4S. The highest BCUT2D eigenvalue weighted by molar-refractivity contribution is 7.89. The van der Waals surface area contributed by atoms with Gasteiger partial charge in [0.15, 0.2) is 0 Å². The number of imidazole rings is 1. The number of fused-ring (bicyclic) bond motifs is 2. The summed E-state index contributed by atoms with van der Waals surface area (Å²) in [5.41, 5.74) is 1.51. The first-order valence-electron chi connectivity index (χ1n) is 9.59. The summed E-state index contributed by atoms with van der Waals surface area (Å²) in [6.45, 7) is -0.350.